The second-order valence-corrected chi connectivity index (χ2v) is 8.16. The zero-order valence-corrected chi connectivity index (χ0v) is 16.6. The van der Waals surface area contributed by atoms with Crippen molar-refractivity contribution >= 4 is 17.7 Å². The van der Waals surface area contributed by atoms with E-state index in [0.717, 1.165) is 17.0 Å². The minimum atomic E-state index is -4.89. The summed E-state index contributed by atoms with van der Waals surface area (Å²) in [7, 11) is 0. The highest BCUT2D eigenvalue weighted by molar-refractivity contribution is 6.08. The van der Waals surface area contributed by atoms with Crippen LogP contribution in [0.5, 0.6) is 5.75 Å². The number of alkyl halides is 3. The van der Waals surface area contributed by atoms with E-state index in [1.807, 2.05) is 0 Å². The Kier molecular flexibility index (Phi) is 5.54. The van der Waals surface area contributed by atoms with Gasteiger partial charge in [0.1, 0.15) is 5.75 Å². The smallest absolute Gasteiger partial charge is 0.406 e. The van der Waals surface area contributed by atoms with Crippen molar-refractivity contribution in [2.45, 2.75) is 51.2 Å². The molecule has 164 valence electrons. The molecular weight excluding hydrogens is 407 g/mol. The van der Waals surface area contributed by atoms with Gasteiger partial charge in [-0.1, -0.05) is 12.1 Å². The molecule has 2 aliphatic heterocycles. The topological polar surface area (TPSA) is 102 Å². The molecule has 2 aliphatic rings. The quantitative estimate of drug-likeness (QED) is 0.718. The van der Waals surface area contributed by atoms with E-state index in [1.54, 1.807) is 20.8 Å². The number of carbonyl (C=O) groups excluding carboxylic acids is 3. The zero-order valence-electron chi connectivity index (χ0n) is 16.6. The Hall–Kier alpha value is -2.66. The predicted octanol–water partition coefficient (Wildman–Crippen LogP) is 1.90. The summed E-state index contributed by atoms with van der Waals surface area (Å²) in [6.07, 6.45) is -6.15. The third-order valence-corrected chi connectivity index (χ3v) is 4.88. The molecular formula is C19H22F3N3O5. The minimum Gasteiger partial charge on any atom is -0.406 e. The van der Waals surface area contributed by atoms with E-state index in [0.29, 0.717) is 0 Å². The molecule has 11 heteroatoms. The number of benzene rings is 1. The second kappa shape index (κ2) is 7.55. The van der Waals surface area contributed by atoms with Crippen LogP contribution in [0.1, 0.15) is 38.8 Å². The van der Waals surface area contributed by atoms with E-state index in [2.05, 4.69) is 4.74 Å². The number of hydroxylamine groups is 2. The van der Waals surface area contributed by atoms with Crippen molar-refractivity contribution in [1.82, 2.24) is 9.96 Å². The summed E-state index contributed by atoms with van der Waals surface area (Å²) < 4.78 is 41.9. The van der Waals surface area contributed by atoms with Gasteiger partial charge < -0.3 is 10.5 Å². The average molecular weight is 429 g/mol. The Morgan fingerprint density at radius 3 is 2.43 bits per heavy atom. The molecule has 1 aromatic rings. The number of nitrogens with zero attached hydrogens (tertiary/aromatic N) is 2. The number of carbonyl (C=O) groups is 3. The Bertz CT molecular complexity index is 868. The second-order valence-electron chi connectivity index (χ2n) is 8.16. The first kappa shape index (κ1) is 22.0. The maximum atomic E-state index is 13.1. The molecule has 30 heavy (non-hydrogen) atoms. The van der Waals surface area contributed by atoms with Gasteiger partial charge in [0.05, 0.1) is 12.0 Å². The number of fused-ring (bicyclic) bond motifs is 1. The number of hydrogen-bond donors (Lipinski definition) is 1. The number of ether oxygens (including phenoxy) is 1. The molecule has 0 saturated carbocycles. The van der Waals surface area contributed by atoms with Crippen molar-refractivity contribution in [1.29, 1.82) is 0 Å². The molecule has 2 saturated heterocycles. The van der Waals surface area contributed by atoms with Gasteiger partial charge in [-0.2, -0.15) is 5.06 Å². The van der Waals surface area contributed by atoms with E-state index in [9.17, 15) is 27.6 Å². The highest BCUT2D eigenvalue weighted by Gasteiger charge is 2.61. The molecule has 0 aromatic heterocycles. The van der Waals surface area contributed by atoms with Crippen LogP contribution in [0.4, 0.5) is 13.2 Å². The fourth-order valence-corrected chi connectivity index (χ4v) is 3.81. The van der Waals surface area contributed by atoms with Gasteiger partial charge in [0, 0.05) is 18.5 Å². The number of likely N-dealkylation sites (tertiary alicyclic amines) is 1. The van der Waals surface area contributed by atoms with Gasteiger partial charge in [-0.25, -0.2) is 0 Å². The fraction of sp³-hybridized carbons (Fsp3) is 0.526. The van der Waals surface area contributed by atoms with Gasteiger partial charge in [0.25, 0.3) is 5.91 Å². The molecule has 0 aliphatic carbocycles. The predicted molar refractivity (Wildman–Crippen MR) is 96.4 cm³/mol. The molecule has 0 spiro atoms. The summed E-state index contributed by atoms with van der Waals surface area (Å²) in [6, 6.07) is 4.22. The van der Waals surface area contributed by atoms with Crippen LogP contribution in [0, 0.1) is 5.92 Å². The Labute approximate surface area is 170 Å². The van der Waals surface area contributed by atoms with Crippen LogP contribution in [0.2, 0.25) is 0 Å². The van der Waals surface area contributed by atoms with Crippen LogP contribution in [0.15, 0.2) is 24.3 Å². The van der Waals surface area contributed by atoms with Gasteiger partial charge in [0.2, 0.25) is 11.8 Å². The van der Waals surface area contributed by atoms with Crippen LogP contribution in [-0.4, -0.2) is 52.2 Å². The summed E-state index contributed by atoms with van der Waals surface area (Å²) in [5.41, 5.74) is 4.67. The van der Waals surface area contributed by atoms with Crippen LogP contribution in [-0.2, 0) is 19.2 Å². The Morgan fingerprint density at radius 2 is 1.87 bits per heavy atom. The first-order chi connectivity index (χ1) is 13.8. The summed E-state index contributed by atoms with van der Waals surface area (Å²) in [5.74, 6) is -3.11. The number of rotatable bonds is 5. The zero-order chi connectivity index (χ0) is 22.4. The van der Waals surface area contributed by atoms with Crippen LogP contribution >= 0.6 is 0 Å². The number of nitrogens with two attached hydrogens (primary N) is 1. The Morgan fingerprint density at radius 1 is 1.20 bits per heavy atom. The van der Waals surface area contributed by atoms with Crippen molar-refractivity contribution in [3.63, 3.8) is 0 Å². The van der Waals surface area contributed by atoms with Crippen LogP contribution < -0.4 is 10.5 Å². The molecule has 3 atom stereocenters. The summed E-state index contributed by atoms with van der Waals surface area (Å²) >= 11 is 0. The van der Waals surface area contributed by atoms with Crippen molar-refractivity contribution in [2.24, 2.45) is 11.7 Å². The maximum absolute atomic E-state index is 13.1. The maximum Gasteiger partial charge on any atom is 0.573 e. The van der Waals surface area contributed by atoms with E-state index in [-0.39, 0.29) is 18.5 Å². The molecule has 2 heterocycles. The van der Waals surface area contributed by atoms with Gasteiger partial charge in [-0.15, -0.1) is 13.2 Å². The molecule has 2 fully saturated rings. The van der Waals surface area contributed by atoms with E-state index in [4.69, 9.17) is 10.6 Å². The SMILES string of the molecule is CC(C)(C)N1C(=O)C2ON(CCC(N)=O)C(c3cccc(OC(F)(F)F)c3)C2C1=O. The van der Waals surface area contributed by atoms with Crippen molar-refractivity contribution in [2.75, 3.05) is 6.54 Å². The molecule has 0 radical (unpaired) electrons. The van der Waals surface area contributed by atoms with Gasteiger partial charge in [-0.05, 0) is 38.5 Å². The molecule has 3 amide bonds. The molecule has 3 rings (SSSR count). The monoisotopic (exact) mass is 429 g/mol. The summed E-state index contributed by atoms with van der Waals surface area (Å²) in [5, 5.41) is 1.27. The summed E-state index contributed by atoms with van der Waals surface area (Å²) in [4.78, 5) is 44.0. The van der Waals surface area contributed by atoms with Crippen LogP contribution in [0.3, 0.4) is 0 Å². The van der Waals surface area contributed by atoms with Crippen molar-refractivity contribution in [3.8, 4) is 5.75 Å². The average Bonchev–Trinajstić information content (AvgIpc) is 3.07. The number of halogens is 3. The van der Waals surface area contributed by atoms with Gasteiger partial charge >= 0.3 is 6.36 Å². The van der Waals surface area contributed by atoms with Gasteiger partial charge in [0.15, 0.2) is 6.10 Å². The fourth-order valence-electron chi connectivity index (χ4n) is 3.81. The van der Waals surface area contributed by atoms with Gasteiger partial charge in [-0.3, -0.25) is 24.1 Å². The lowest BCUT2D eigenvalue weighted by atomic mass is 9.90. The first-order valence-corrected chi connectivity index (χ1v) is 9.25. The minimum absolute atomic E-state index is 0.0343. The van der Waals surface area contributed by atoms with Crippen LogP contribution in [0.25, 0.3) is 0 Å². The summed E-state index contributed by atoms with van der Waals surface area (Å²) in [6.45, 7) is 5.05. The normalized spacial score (nSPS) is 25.0. The van der Waals surface area contributed by atoms with Crippen molar-refractivity contribution in [3.05, 3.63) is 29.8 Å². The lowest BCUT2D eigenvalue weighted by molar-refractivity contribution is -0.274. The van der Waals surface area contributed by atoms with E-state index < -0.39 is 53.4 Å². The Balaban J connectivity index is 1.99. The molecule has 1 aromatic carbocycles. The molecule has 2 N–H and O–H groups in total. The standard InChI is InChI=1S/C19H22F3N3O5/c1-18(2,3)25-16(27)13-14(10-5-4-6-11(9-10)29-19(20,21)22)24(8-7-12(23)26)30-15(13)17(25)28/h4-6,9,13-15H,7-8H2,1-3H3,(H2,23,26). The number of hydrogen-bond acceptors (Lipinski definition) is 6. The third kappa shape index (κ3) is 4.26. The highest BCUT2D eigenvalue weighted by atomic mass is 19.4. The highest BCUT2D eigenvalue weighted by Crippen LogP contribution is 2.46. The molecule has 0 bridgehead atoms. The molecule has 8 nitrogen and oxygen atoms in total. The number of imide groups is 1. The number of primary amides is 1. The largest absolute Gasteiger partial charge is 0.573 e. The lowest BCUT2D eigenvalue weighted by Gasteiger charge is -2.33. The molecule has 3 unspecified atom stereocenters. The van der Waals surface area contributed by atoms with E-state index >= 15 is 0 Å². The third-order valence-electron chi connectivity index (χ3n) is 4.88. The number of amides is 3. The van der Waals surface area contributed by atoms with E-state index in [1.165, 1.54) is 17.2 Å². The first-order valence-electron chi connectivity index (χ1n) is 9.25. The lowest BCUT2D eigenvalue weighted by Crippen LogP contribution is -2.48. The van der Waals surface area contributed by atoms with Crippen molar-refractivity contribution < 1.29 is 37.1 Å².